The SMILES string of the molecule is O=S(=O)([O-])C(F)(F)F.[CH2-]c1c(O)ccc2ccccc12.[Th+2]. The van der Waals surface area contributed by atoms with Crippen LogP contribution >= 0.6 is 0 Å². The number of hydrogen-bond donors (Lipinski definition) is 1. The molecule has 112 valence electrons. The number of halogens is 3. The van der Waals surface area contributed by atoms with Crippen LogP contribution in [0.4, 0.5) is 13.2 Å². The number of hydrogen-bond acceptors (Lipinski definition) is 4. The van der Waals surface area contributed by atoms with Crippen LogP contribution in [0.5, 0.6) is 5.75 Å². The van der Waals surface area contributed by atoms with E-state index in [4.69, 9.17) is 13.0 Å². The first-order valence-electron chi connectivity index (χ1n) is 5.09. The largest absolute Gasteiger partial charge is 2.00 e. The van der Waals surface area contributed by atoms with Crippen LogP contribution in [0.25, 0.3) is 10.8 Å². The molecule has 0 aromatic heterocycles. The summed E-state index contributed by atoms with van der Waals surface area (Å²) >= 11 is 0. The molecule has 0 unspecified atom stereocenters. The van der Waals surface area contributed by atoms with Crippen LogP contribution < -0.4 is 0 Å². The van der Waals surface area contributed by atoms with Crippen molar-refractivity contribution in [3.63, 3.8) is 0 Å². The molecule has 0 saturated carbocycles. The van der Waals surface area contributed by atoms with Crippen molar-refractivity contribution in [2.75, 3.05) is 0 Å². The van der Waals surface area contributed by atoms with Gasteiger partial charge in [-0.1, -0.05) is 35.7 Å². The van der Waals surface area contributed by atoms with Crippen molar-refractivity contribution in [3.8, 4) is 5.75 Å². The van der Waals surface area contributed by atoms with Gasteiger partial charge in [-0.3, -0.25) is 0 Å². The molecule has 4 nitrogen and oxygen atoms in total. The van der Waals surface area contributed by atoms with E-state index >= 15 is 0 Å². The Balaban J connectivity index is 0.000000397. The van der Waals surface area contributed by atoms with Gasteiger partial charge < -0.3 is 9.66 Å². The molecule has 1 N–H and O–H groups in total. The second-order valence-corrected chi connectivity index (χ2v) is 5.06. The number of alkyl halides is 3. The van der Waals surface area contributed by atoms with E-state index in [0.717, 1.165) is 10.8 Å². The maximum absolute atomic E-state index is 10.7. The smallest absolute Gasteiger partial charge is 0.741 e. The third-order valence-corrected chi connectivity index (χ3v) is 2.87. The summed E-state index contributed by atoms with van der Waals surface area (Å²) in [4.78, 5) is 0. The topological polar surface area (TPSA) is 77.4 Å². The summed E-state index contributed by atoms with van der Waals surface area (Å²) < 4.78 is 58.9. The molecule has 0 aliphatic rings. The van der Waals surface area contributed by atoms with Crippen molar-refractivity contribution in [2.45, 2.75) is 5.51 Å². The maximum atomic E-state index is 10.7. The summed E-state index contributed by atoms with van der Waals surface area (Å²) in [5, 5.41) is 11.5. The van der Waals surface area contributed by atoms with Gasteiger partial charge in [-0.15, -0.1) is 17.0 Å². The number of benzene rings is 2. The van der Waals surface area contributed by atoms with Gasteiger partial charge in [0.2, 0.25) is 0 Å². The number of phenolic OH excluding ortho intramolecular Hbond substituents is 1. The molecule has 0 bridgehead atoms. The van der Waals surface area contributed by atoms with E-state index in [1.807, 2.05) is 30.3 Å². The Bertz CT molecular complexity index is 714. The summed E-state index contributed by atoms with van der Waals surface area (Å²) in [6.07, 6.45) is 0. The molecule has 2 aromatic rings. The van der Waals surface area contributed by atoms with Crippen molar-refractivity contribution in [3.05, 3.63) is 48.9 Å². The van der Waals surface area contributed by atoms with E-state index in [9.17, 15) is 18.3 Å². The minimum absolute atomic E-state index is 0. The average Bonchev–Trinajstić information content (AvgIpc) is 2.33. The third-order valence-electron chi connectivity index (χ3n) is 2.30. The molecule has 0 amide bonds. The van der Waals surface area contributed by atoms with Gasteiger partial charge in [-0.25, -0.2) is 8.42 Å². The number of rotatable bonds is 0. The molecule has 0 saturated heterocycles. The Morgan fingerprint density at radius 3 is 2.05 bits per heavy atom. The number of fused-ring (bicyclic) bond motifs is 1. The molecule has 0 aliphatic heterocycles. The maximum Gasteiger partial charge on any atom is 2.00 e. The van der Waals surface area contributed by atoms with E-state index in [-0.39, 0.29) is 45.7 Å². The number of phenols is 1. The summed E-state index contributed by atoms with van der Waals surface area (Å²) in [5.41, 5.74) is -4.94. The van der Waals surface area contributed by atoms with Crippen LogP contribution in [0.15, 0.2) is 36.4 Å². The van der Waals surface area contributed by atoms with E-state index in [1.165, 1.54) is 0 Å². The summed E-state index contributed by atoms with van der Waals surface area (Å²) in [7, 11) is -6.09. The van der Waals surface area contributed by atoms with Gasteiger partial charge in [0.25, 0.3) is 0 Å². The van der Waals surface area contributed by atoms with Crippen LogP contribution in [-0.4, -0.2) is 23.6 Å². The van der Waals surface area contributed by atoms with Crippen molar-refractivity contribution >= 4 is 20.9 Å². The molecule has 0 spiro atoms. The first-order chi connectivity index (χ1) is 9.04. The molecular weight excluding hydrogens is 529 g/mol. The number of aromatic hydroxyl groups is 1. The van der Waals surface area contributed by atoms with Gasteiger partial charge in [0.1, 0.15) is 0 Å². The minimum atomic E-state index is -6.09. The van der Waals surface area contributed by atoms with Crippen molar-refractivity contribution in [1.82, 2.24) is 0 Å². The zero-order valence-corrected chi connectivity index (χ0v) is 15.3. The minimum Gasteiger partial charge on any atom is -0.741 e. The normalized spacial score (nSPS) is 11.2. The first-order valence-corrected chi connectivity index (χ1v) is 6.49. The van der Waals surface area contributed by atoms with Gasteiger partial charge in [-0.05, 0) is 0 Å². The molecule has 9 heteroatoms. The van der Waals surface area contributed by atoms with Gasteiger partial charge in [0.05, 0.1) is 0 Å². The van der Waals surface area contributed by atoms with Crippen LogP contribution in [0.1, 0.15) is 5.56 Å². The third kappa shape index (κ3) is 5.59. The molecule has 0 heterocycles. The molecule has 2 rings (SSSR count). The fourth-order valence-electron chi connectivity index (χ4n) is 1.32. The van der Waals surface area contributed by atoms with Crippen LogP contribution in [0.2, 0.25) is 0 Å². The Labute approximate surface area is 151 Å². The molecular formula is C12H9F3O4STh. The Hall–Kier alpha value is -0.605. The van der Waals surface area contributed by atoms with Gasteiger partial charge in [0.15, 0.2) is 10.1 Å². The van der Waals surface area contributed by atoms with Crippen molar-refractivity contribution < 1.29 is 71.2 Å². The fraction of sp³-hybridized carbons (Fsp3) is 0.0833. The molecule has 0 fully saturated rings. The van der Waals surface area contributed by atoms with Crippen molar-refractivity contribution in [1.29, 1.82) is 0 Å². The van der Waals surface area contributed by atoms with E-state index in [2.05, 4.69) is 6.92 Å². The average molecular weight is 538 g/mol. The predicted molar refractivity (Wildman–Crippen MR) is 65.8 cm³/mol. The molecule has 0 radical (unpaired) electrons. The first kappa shape index (κ1) is 20.4. The predicted octanol–water partition coefficient (Wildman–Crippen LogP) is 2.78. The van der Waals surface area contributed by atoms with E-state index in [0.29, 0.717) is 5.56 Å². The summed E-state index contributed by atoms with van der Waals surface area (Å²) in [5.74, 6) is 0.258. The zero-order valence-electron chi connectivity index (χ0n) is 10.4. The summed E-state index contributed by atoms with van der Waals surface area (Å²) in [6.45, 7) is 3.80. The van der Waals surface area contributed by atoms with E-state index in [1.54, 1.807) is 6.07 Å². The Kier molecular flexibility index (Phi) is 7.38. The second-order valence-electron chi connectivity index (χ2n) is 3.68. The second kappa shape index (κ2) is 7.60. The summed E-state index contributed by atoms with van der Waals surface area (Å²) in [6, 6.07) is 11.4. The molecule has 2 aromatic carbocycles. The van der Waals surface area contributed by atoms with Gasteiger partial charge in [-0.2, -0.15) is 20.1 Å². The quantitative estimate of drug-likeness (QED) is 0.318. The van der Waals surface area contributed by atoms with Crippen molar-refractivity contribution in [2.24, 2.45) is 0 Å². The van der Waals surface area contributed by atoms with Gasteiger partial charge in [0, 0.05) is 5.75 Å². The molecule has 0 atom stereocenters. The Morgan fingerprint density at radius 1 is 1.10 bits per heavy atom. The molecule has 0 aliphatic carbocycles. The van der Waals surface area contributed by atoms with Crippen LogP contribution in [0, 0.1) is 46.9 Å². The monoisotopic (exact) mass is 538 g/mol. The zero-order chi connectivity index (χ0) is 15.6. The Morgan fingerprint density at radius 2 is 1.57 bits per heavy atom. The van der Waals surface area contributed by atoms with Crippen LogP contribution in [0.3, 0.4) is 0 Å². The molecule has 21 heavy (non-hydrogen) atoms. The standard InChI is InChI=1S/C11H9O.CHF3O3S.Th/c1-8-10-5-3-2-4-9(10)6-7-11(8)12;2-1(3,4)8(5,6)7;/h2-7,12H,1H2;(H,5,6,7);/q-1;;+2/p-1. The van der Waals surface area contributed by atoms with E-state index < -0.39 is 15.6 Å². The fourth-order valence-corrected chi connectivity index (χ4v) is 1.32. The van der Waals surface area contributed by atoms with Crippen LogP contribution in [-0.2, 0) is 10.1 Å². The van der Waals surface area contributed by atoms with Gasteiger partial charge >= 0.3 is 45.4 Å².